The molecular weight excluding hydrogens is 332 g/mol. The first-order valence-corrected chi connectivity index (χ1v) is 8.23. The van der Waals surface area contributed by atoms with Gasteiger partial charge in [0.25, 0.3) is 5.91 Å². The third-order valence-corrected chi connectivity index (χ3v) is 4.30. The lowest BCUT2D eigenvalue weighted by atomic mass is 10.2. The van der Waals surface area contributed by atoms with E-state index in [2.05, 4.69) is 15.0 Å². The van der Waals surface area contributed by atoms with Gasteiger partial charge < -0.3 is 19.5 Å². The molecule has 1 saturated heterocycles. The Kier molecular flexibility index (Phi) is 5.07. The summed E-state index contributed by atoms with van der Waals surface area (Å²) in [6.45, 7) is 1.24. The van der Waals surface area contributed by atoms with Crippen LogP contribution in [0.3, 0.4) is 0 Å². The van der Waals surface area contributed by atoms with E-state index in [1.165, 1.54) is 24.6 Å². The van der Waals surface area contributed by atoms with E-state index in [-0.39, 0.29) is 12.0 Å². The average Bonchev–Trinajstić information content (AvgIpc) is 3.26. The standard InChI is InChI=1S/C16H16N2O5S/c1-21-16(20)12-5-7-24-15(12)18-14(19)10-2-3-13(17-8-10)23-11-4-6-22-9-11/h2-3,5,7-8,11H,4,6,9H2,1H3,(H,18,19). The molecule has 24 heavy (non-hydrogen) atoms. The number of rotatable bonds is 5. The number of anilines is 1. The molecule has 0 bridgehead atoms. The van der Waals surface area contributed by atoms with Crippen LogP contribution < -0.4 is 10.1 Å². The van der Waals surface area contributed by atoms with Gasteiger partial charge in [-0.25, -0.2) is 9.78 Å². The Labute approximate surface area is 142 Å². The monoisotopic (exact) mass is 348 g/mol. The minimum absolute atomic E-state index is 0.00547. The van der Waals surface area contributed by atoms with Crippen LogP contribution in [-0.4, -0.2) is 43.3 Å². The molecule has 0 radical (unpaired) electrons. The highest BCUT2D eigenvalue weighted by Crippen LogP contribution is 2.24. The highest BCUT2D eigenvalue weighted by atomic mass is 32.1. The van der Waals surface area contributed by atoms with Crippen LogP contribution in [0, 0.1) is 0 Å². The molecule has 1 fully saturated rings. The number of nitrogens with one attached hydrogen (secondary N) is 1. The van der Waals surface area contributed by atoms with Crippen molar-refractivity contribution in [1.82, 2.24) is 4.98 Å². The molecule has 1 unspecified atom stereocenters. The number of hydrogen-bond acceptors (Lipinski definition) is 7. The van der Waals surface area contributed by atoms with Crippen LogP contribution in [0.2, 0.25) is 0 Å². The lowest BCUT2D eigenvalue weighted by Crippen LogP contribution is -2.17. The van der Waals surface area contributed by atoms with Gasteiger partial charge in [-0.2, -0.15) is 0 Å². The Morgan fingerprint density at radius 1 is 1.38 bits per heavy atom. The van der Waals surface area contributed by atoms with Gasteiger partial charge in [-0.3, -0.25) is 4.79 Å². The Morgan fingerprint density at radius 2 is 2.25 bits per heavy atom. The number of thiophene rings is 1. The van der Waals surface area contributed by atoms with Gasteiger partial charge in [-0.05, 0) is 17.5 Å². The molecule has 1 amide bonds. The minimum atomic E-state index is -0.493. The normalized spacial score (nSPS) is 16.6. The van der Waals surface area contributed by atoms with Crippen molar-refractivity contribution in [2.24, 2.45) is 0 Å². The molecule has 2 aromatic rings. The first kappa shape index (κ1) is 16.4. The number of hydrogen-bond donors (Lipinski definition) is 1. The molecule has 1 N–H and O–H groups in total. The van der Waals surface area contributed by atoms with E-state index in [0.717, 1.165) is 6.42 Å². The molecule has 2 aromatic heterocycles. The van der Waals surface area contributed by atoms with Crippen molar-refractivity contribution in [2.45, 2.75) is 12.5 Å². The van der Waals surface area contributed by atoms with Gasteiger partial charge in [0.05, 0.1) is 31.5 Å². The summed E-state index contributed by atoms with van der Waals surface area (Å²) in [6, 6.07) is 4.87. The third kappa shape index (κ3) is 3.72. The SMILES string of the molecule is COC(=O)c1ccsc1NC(=O)c1ccc(OC2CCOC2)nc1. The molecule has 0 saturated carbocycles. The molecule has 126 valence electrons. The molecule has 8 heteroatoms. The Balaban J connectivity index is 1.65. The van der Waals surface area contributed by atoms with Crippen LogP contribution >= 0.6 is 11.3 Å². The van der Waals surface area contributed by atoms with E-state index < -0.39 is 5.97 Å². The zero-order valence-electron chi connectivity index (χ0n) is 13.0. The third-order valence-electron chi connectivity index (χ3n) is 3.47. The lowest BCUT2D eigenvalue weighted by molar-refractivity contribution is 0.0602. The van der Waals surface area contributed by atoms with E-state index in [4.69, 9.17) is 9.47 Å². The zero-order valence-corrected chi connectivity index (χ0v) is 13.8. The van der Waals surface area contributed by atoms with Gasteiger partial charge in [-0.1, -0.05) is 0 Å². The summed E-state index contributed by atoms with van der Waals surface area (Å²) in [5.41, 5.74) is 0.694. The van der Waals surface area contributed by atoms with Gasteiger partial charge >= 0.3 is 5.97 Å². The largest absolute Gasteiger partial charge is 0.472 e. The summed E-state index contributed by atoms with van der Waals surface area (Å²) in [6.07, 6.45) is 2.27. The van der Waals surface area contributed by atoms with Crippen molar-refractivity contribution in [3.8, 4) is 5.88 Å². The molecular formula is C16H16N2O5S. The predicted molar refractivity (Wildman–Crippen MR) is 87.7 cm³/mol. The number of amides is 1. The number of pyridine rings is 1. The van der Waals surface area contributed by atoms with E-state index in [1.807, 2.05) is 0 Å². The van der Waals surface area contributed by atoms with Gasteiger partial charge in [0.2, 0.25) is 5.88 Å². The maximum absolute atomic E-state index is 12.3. The van der Waals surface area contributed by atoms with Crippen molar-refractivity contribution in [2.75, 3.05) is 25.6 Å². The predicted octanol–water partition coefficient (Wildman–Crippen LogP) is 2.35. The Hall–Kier alpha value is -2.45. The smallest absolute Gasteiger partial charge is 0.340 e. The van der Waals surface area contributed by atoms with Crippen LogP contribution in [0.5, 0.6) is 5.88 Å². The molecule has 0 aliphatic carbocycles. The number of aromatic nitrogens is 1. The highest BCUT2D eigenvalue weighted by Gasteiger charge is 2.19. The fourth-order valence-electron chi connectivity index (χ4n) is 2.21. The minimum Gasteiger partial charge on any atom is -0.472 e. The van der Waals surface area contributed by atoms with Crippen LogP contribution in [0.4, 0.5) is 5.00 Å². The molecule has 0 aromatic carbocycles. The number of nitrogens with zero attached hydrogens (tertiary/aromatic N) is 1. The maximum atomic E-state index is 12.3. The molecule has 7 nitrogen and oxygen atoms in total. The number of methoxy groups -OCH3 is 1. The molecule has 1 atom stereocenters. The van der Waals surface area contributed by atoms with Crippen molar-refractivity contribution < 1.29 is 23.8 Å². The van der Waals surface area contributed by atoms with Gasteiger partial charge in [-0.15, -0.1) is 11.3 Å². The Bertz CT molecular complexity index is 722. The topological polar surface area (TPSA) is 86.8 Å². The molecule has 3 rings (SSSR count). The second kappa shape index (κ2) is 7.41. The van der Waals surface area contributed by atoms with Crippen LogP contribution in [0.15, 0.2) is 29.8 Å². The number of ether oxygens (including phenoxy) is 3. The van der Waals surface area contributed by atoms with Gasteiger partial charge in [0.15, 0.2) is 0 Å². The maximum Gasteiger partial charge on any atom is 0.340 e. The first-order chi connectivity index (χ1) is 11.7. The summed E-state index contributed by atoms with van der Waals surface area (Å²) >= 11 is 1.25. The van der Waals surface area contributed by atoms with Crippen LogP contribution in [-0.2, 0) is 9.47 Å². The lowest BCUT2D eigenvalue weighted by Gasteiger charge is -2.11. The summed E-state index contributed by atoms with van der Waals surface area (Å²) in [4.78, 5) is 28.0. The molecule has 0 spiro atoms. The van der Waals surface area contributed by atoms with E-state index in [0.29, 0.717) is 35.2 Å². The van der Waals surface area contributed by atoms with Crippen molar-refractivity contribution >= 4 is 28.2 Å². The van der Waals surface area contributed by atoms with E-state index >= 15 is 0 Å². The quantitative estimate of drug-likeness (QED) is 0.835. The zero-order chi connectivity index (χ0) is 16.9. The highest BCUT2D eigenvalue weighted by molar-refractivity contribution is 7.14. The first-order valence-electron chi connectivity index (χ1n) is 7.35. The fraction of sp³-hybridized carbons (Fsp3) is 0.312. The van der Waals surface area contributed by atoms with E-state index in [1.54, 1.807) is 23.6 Å². The number of esters is 1. The average molecular weight is 348 g/mol. The van der Waals surface area contributed by atoms with Crippen LogP contribution in [0.1, 0.15) is 27.1 Å². The van der Waals surface area contributed by atoms with Gasteiger partial charge in [0.1, 0.15) is 11.1 Å². The van der Waals surface area contributed by atoms with Crippen molar-refractivity contribution in [3.05, 3.63) is 40.9 Å². The van der Waals surface area contributed by atoms with E-state index in [9.17, 15) is 9.59 Å². The van der Waals surface area contributed by atoms with Crippen molar-refractivity contribution in [3.63, 3.8) is 0 Å². The molecule has 1 aliphatic heterocycles. The number of carbonyl (C=O) groups excluding carboxylic acids is 2. The Morgan fingerprint density at radius 3 is 2.92 bits per heavy atom. The fourth-order valence-corrected chi connectivity index (χ4v) is 2.98. The summed E-state index contributed by atoms with van der Waals surface area (Å²) in [7, 11) is 1.30. The van der Waals surface area contributed by atoms with Crippen molar-refractivity contribution in [1.29, 1.82) is 0 Å². The van der Waals surface area contributed by atoms with Gasteiger partial charge in [0, 0.05) is 18.7 Å². The molecule has 3 heterocycles. The summed E-state index contributed by atoms with van der Waals surface area (Å²) in [5, 5.41) is 4.84. The molecule has 1 aliphatic rings. The van der Waals surface area contributed by atoms with Crippen LogP contribution in [0.25, 0.3) is 0 Å². The summed E-state index contributed by atoms with van der Waals surface area (Å²) in [5.74, 6) is -0.397. The number of carbonyl (C=O) groups is 2. The second-order valence-corrected chi connectivity index (χ2v) is 6.01. The second-order valence-electron chi connectivity index (χ2n) is 5.10. The summed E-state index contributed by atoms with van der Waals surface area (Å²) < 4.78 is 15.6.